The molecule has 1 aliphatic rings. The highest BCUT2D eigenvalue weighted by Gasteiger charge is 2.14. The lowest BCUT2D eigenvalue weighted by molar-refractivity contribution is 0.964. The van der Waals surface area contributed by atoms with Crippen molar-refractivity contribution in [2.75, 3.05) is 0 Å². The van der Waals surface area contributed by atoms with Crippen LogP contribution in [0.5, 0.6) is 0 Å². The molecule has 2 aromatic carbocycles. The van der Waals surface area contributed by atoms with E-state index in [-0.39, 0.29) is 0 Å². The van der Waals surface area contributed by atoms with Gasteiger partial charge in [-0.25, -0.2) is 0 Å². The molecule has 3 rings (SSSR count). The van der Waals surface area contributed by atoms with E-state index in [1.54, 1.807) is 0 Å². The lowest BCUT2D eigenvalue weighted by Crippen LogP contribution is -1.93. The minimum Gasteiger partial charge on any atom is -0.0620 e. The first-order valence-electron chi connectivity index (χ1n) is 5.67. The lowest BCUT2D eigenvalue weighted by Gasteiger charge is -2.08. The summed E-state index contributed by atoms with van der Waals surface area (Å²) in [7, 11) is 0. The molecule has 0 nitrogen and oxygen atoms in total. The van der Waals surface area contributed by atoms with Gasteiger partial charge in [-0.05, 0) is 47.6 Å². The summed E-state index contributed by atoms with van der Waals surface area (Å²) in [6.07, 6.45) is 3.39. The van der Waals surface area contributed by atoms with Crippen LogP contribution in [0.3, 0.4) is 0 Å². The van der Waals surface area contributed by atoms with E-state index in [9.17, 15) is 0 Å². The average Bonchev–Trinajstić information content (AvgIpc) is 2.50. The Morgan fingerprint density at radius 1 is 0.750 bits per heavy atom. The summed E-state index contributed by atoms with van der Waals surface area (Å²) < 4.78 is 1.25. The molecule has 0 aromatic heterocycles. The molecule has 1 aliphatic carbocycles. The number of hydrogen-bond donors (Lipinski definition) is 0. The van der Waals surface area contributed by atoms with E-state index in [1.165, 1.54) is 33.1 Å². The first kappa shape index (κ1) is 10.1. The molecule has 0 aliphatic heterocycles. The number of fused-ring (bicyclic) bond motifs is 2. The first-order chi connectivity index (χ1) is 7.84. The molecule has 0 saturated carbocycles. The van der Waals surface area contributed by atoms with E-state index >= 15 is 0 Å². The normalized spacial score (nSPS) is 13.8. The number of aryl methyl sites for hydroxylation is 2. The molecular formula is C15H13Br. The van der Waals surface area contributed by atoms with Gasteiger partial charge in [-0.1, -0.05) is 52.3 Å². The zero-order valence-corrected chi connectivity index (χ0v) is 10.6. The Labute approximate surface area is 104 Å². The van der Waals surface area contributed by atoms with Gasteiger partial charge in [-0.3, -0.25) is 0 Å². The molecule has 0 N–H and O–H groups in total. The summed E-state index contributed by atoms with van der Waals surface area (Å²) in [4.78, 5) is 0. The summed E-state index contributed by atoms with van der Waals surface area (Å²) in [5.74, 6) is 0. The third kappa shape index (κ3) is 1.69. The summed E-state index contributed by atoms with van der Waals surface area (Å²) in [6, 6.07) is 15.3. The molecule has 2 aromatic rings. The lowest BCUT2D eigenvalue weighted by atomic mass is 10.0. The van der Waals surface area contributed by atoms with Crippen LogP contribution in [-0.2, 0) is 19.3 Å². The van der Waals surface area contributed by atoms with Gasteiger partial charge in [0.1, 0.15) is 0 Å². The Bertz CT molecular complexity index is 529. The molecule has 0 radical (unpaired) electrons. The van der Waals surface area contributed by atoms with E-state index in [4.69, 9.17) is 0 Å². The predicted molar refractivity (Wildman–Crippen MR) is 70.8 cm³/mol. The minimum atomic E-state index is 1.06. The van der Waals surface area contributed by atoms with Crippen molar-refractivity contribution in [1.29, 1.82) is 0 Å². The molecule has 0 heterocycles. The van der Waals surface area contributed by atoms with Crippen molar-refractivity contribution in [3.05, 3.63) is 69.2 Å². The van der Waals surface area contributed by atoms with Crippen molar-refractivity contribution in [2.24, 2.45) is 0 Å². The average molecular weight is 273 g/mol. The van der Waals surface area contributed by atoms with E-state index in [2.05, 4.69) is 58.4 Å². The smallest absolute Gasteiger partial charge is 0.0213 e. The van der Waals surface area contributed by atoms with Gasteiger partial charge in [0.15, 0.2) is 0 Å². The number of hydrogen-bond acceptors (Lipinski definition) is 0. The fourth-order valence-electron chi connectivity index (χ4n) is 2.47. The zero-order valence-electron chi connectivity index (χ0n) is 9.04. The fraction of sp³-hybridized carbons (Fsp3) is 0.200. The van der Waals surface area contributed by atoms with E-state index < -0.39 is 0 Å². The van der Waals surface area contributed by atoms with Gasteiger partial charge in [-0.2, -0.15) is 0 Å². The molecule has 0 saturated heterocycles. The Balaban J connectivity index is 2.13. The summed E-state index contributed by atoms with van der Waals surface area (Å²) in [5.41, 5.74) is 5.94. The maximum atomic E-state index is 3.67. The SMILES string of the molecule is Brc1cccc2c1Cc1ccccc1CC2. The van der Waals surface area contributed by atoms with Gasteiger partial charge in [0.2, 0.25) is 0 Å². The van der Waals surface area contributed by atoms with Crippen LogP contribution >= 0.6 is 15.9 Å². The van der Waals surface area contributed by atoms with Crippen LogP contribution in [0.15, 0.2) is 46.9 Å². The fourth-order valence-corrected chi connectivity index (χ4v) is 3.02. The van der Waals surface area contributed by atoms with Crippen molar-refractivity contribution >= 4 is 15.9 Å². The molecule has 80 valence electrons. The second-order valence-electron chi connectivity index (χ2n) is 4.32. The molecule has 0 spiro atoms. The maximum Gasteiger partial charge on any atom is 0.0213 e. The third-order valence-electron chi connectivity index (χ3n) is 3.37. The van der Waals surface area contributed by atoms with Crippen LogP contribution in [0, 0.1) is 0 Å². The van der Waals surface area contributed by atoms with Crippen molar-refractivity contribution in [3.63, 3.8) is 0 Å². The summed E-state index contributed by atoms with van der Waals surface area (Å²) >= 11 is 3.67. The van der Waals surface area contributed by atoms with Crippen molar-refractivity contribution in [3.8, 4) is 0 Å². The summed E-state index contributed by atoms with van der Waals surface area (Å²) in [6.45, 7) is 0. The van der Waals surface area contributed by atoms with Gasteiger partial charge in [0.05, 0.1) is 0 Å². The molecular weight excluding hydrogens is 260 g/mol. The monoisotopic (exact) mass is 272 g/mol. The molecule has 16 heavy (non-hydrogen) atoms. The topological polar surface area (TPSA) is 0 Å². The highest BCUT2D eigenvalue weighted by Crippen LogP contribution is 2.29. The Hall–Kier alpha value is -1.08. The second-order valence-corrected chi connectivity index (χ2v) is 5.18. The van der Waals surface area contributed by atoms with Crippen LogP contribution in [0.1, 0.15) is 22.3 Å². The van der Waals surface area contributed by atoms with Crippen LogP contribution < -0.4 is 0 Å². The molecule has 0 amide bonds. The number of halogens is 1. The molecule has 0 atom stereocenters. The predicted octanol–water partition coefficient (Wildman–Crippen LogP) is 4.14. The van der Waals surface area contributed by atoms with E-state index in [0.717, 1.165) is 12.8 Å². The highest BCUT2D eigenvalue weighted by atomic mass is 79.9. The standard InChI is InChI=1S/C15H13Br/c16-15-7-3-6-12-9-8-11-4-1-2-5-13(11)10-14(12)15/h1-7H,8-10H2. The first-order valence-corrected chi connectivity index (χ1v) is 6.47. The van der Waals surface area contributed by atoms with Crippen LogP contribution in [0.25, 0.3) is 0 Å². The van der Waals surface area contributed by atoms with Crippen LogP contribution in [-0.4, -0.2) is 0 Å². The van der Waals surface area contributed by atoms with Gasteiger partial charge in [0, 0.05) is 4.47 Å². The Morgan fingerprint density at radius 2 is 1.44 bits per heavy atom. The van der Waals surface area contributed by atoms with E-state index in [1.807, 2.05) is 0 Å². The van der Waals surface area contributed by atoms with Crippen molar-refractivity contribution in [2.45, 2.75) is 19.3 Å². The van der Waals surface area contributed by atoms with Gasteiger partial charge < -0.3 is 0 Å². The zero-order chi connectivity index (χ0) is 11.0. The van der Waals surface area contributed by atoms with Crippen LogP contribution in [0.2, 0.25) is 0 Å². The third-order valence-corrected chi connectivity index (χ3v) is 4.11. The largest absolute Gasteiger partial charge is 0.0620 e. The van der Waals surface area contributed by atoms with Crippen LogP contribution in [0.4, 0.5) is 0 Å². The van der Waals surface area contributed by atoms with Crippen molar-refractivity contribution in [1.82, 2.24) is 0 Å². The number of benzene rings is 2. The Kier molecular flexibility index (Phi) is 2.56. The quantitative estimate of drug-likeness (QED) is 0.676. The molecule has 0 bridgehead atoms. The molecule has 1 heteroatoms. The summed E-state index contributed by atoms with van der Waals surface area (Å²) in [5, 5.41) is 0. The van der Waals surface area contributed by atoms with Crippen molar-refractivity contribution < 1.29 is 0 Å². The van der Waals surface area contributed by atoms with Gasteiger partial charge >= 0.3 is 0 Å². The Morgan fingerprint density at radius 3 is 2.31 bits per heavy atom. The minimum absolute atomic E-state index is 1.06. The number of rotatable bonds is 0. The second kappa shape index (κ2) is 4.06. The molecule has 0 fully saturated rings. The highest BCUT2D eigenvalue weighted by molar-refractivity contribution is 9.10. The van der Waals surface area contributed by atoms with Gasteiger partial charge in [0.25, 0.3) is 0 Å². The maximum absolute atomic E-state index is 3.67. The van der Waals surface area contributed by atoms with Gasteiger partial charge in [-0.15, -0.1) is 0 Å². The molecule has 0 unspecified atom stereocenters. The van der Waals surface area contributed by atoms with E-state index in [0.29, 0.717) is 0 Å².